The maximum atomic E-state index is 13.5. The molecular weight excluding hydrogens is 424 g/mol. The van der Waals surface area contributed by atoms with E-state index in [1.807, 2.05) is 12.1 Å². The standard InChI is InChI=1S/C25H24N2O6/c28-18-6-3-5-17(14-18)22-21(23(29)20-15-16-4-1-2-7-19(16)33-20)24(30)25(31)27(22)9-8-26-10-12-32-13-11-26/h1-7,14-15,22,28,30H,8-13H2/t22-/m1/s1. The average molecular weight is 448 g/mol. The van der Waals surface area contributed by atoms with Crippen molar-refractivity contribution in [3.63, 3.8) is 0 Å². The summed E-state index contributed by atoms with van der Waals surface area (Å²) in [6.07, 6.45) is 0. The van der Waals surface area contributed by atoms with E-state index in [9.17, 15) is 19.8 Å². The quantitative estimate of drug-likeness (QED) is 0.559. The molecule has 1 aromatic heterocycles. The minimum Gasteiger partial charge on any atom is -0.508 e. The number of furan rings is 1. The molecule has 1 fully saturated rings. The molecule has 2 aromatic carbocycles. The van der Waals surface area contributed by atoms with Crippen LogP contribution in [-0.4, -0.2) is 71.1 Å². The van der Waals surface area contributed by atoms with Gasteiger partial charge in [-0.3, -0.25) is 14.5 Å². The number of carbonyl (C=O) groups excluding carboxylic acids is 2. The fourth-order valence-corrected chi connectivity index (χ4v) is 4.46. The van der Waals surface area contributed by atoms with Gasteiger partial charge in [0.25, 0.3) is 5.91 Å². The van der Waals surface area contributed by atoms with Crippen LogP contribution >= 0.6 is 0 Å². The number of Topliss-reactive ketones (excluding diaryl/α,β-unsaturated/α-hetero) is 1. The number of aliphatic hydroxyl groups excluding tert-OH is 1. The molecular formula is C25H24N2O6. The van der Waals surface area contributed by atoms with E-state index in [-0.39, 0.29) is 17.1 Å². The molecule has 8 nitrogen and oxygen atoms in total. The summed E-state index contributed by atoms with van der Waals surface area (Å²) in [5.41, 5.74) is 1.03. The van der Waals surface area contributed by atoms with Crippen molar-refractivity contribution in [3.05, 3.63) is 77.3 Å². The monoisotopic (exact) mass is 448 g/mol. The first-order chi connectivity index (χ1) is 16.0. The third-order valence-corrected chi connectivity index (χ3v) is 6.14. The van der Waals surface area contributed by atoms with Crippen LogP contribution < -0.4 is 0 Å². The number of para-hydroxylation sites is 1. The van der Waals surface area contributed by atoms with Gasteiger partial charge in [-0.05, 0) is 29.8 Å². The predicted octanol–water partition coefficient (Wildman–Crippen LogP) is 3.05. The van der Waals surface area contributed by atoms with Crippen LogP contribution in [0.3, 0.4) is 0 Å². The van der Waals surface area contributed by atoms with E-state index in [1.165, 1.54) is 17.0 Å². The van der Waals surface area contributed by atoms with Crippen molar-refractivity contribution in [2.45, 2.75) is 6.04 Å². The van der Waals surface area contributed by atoms with Gasteiger partial charge in [0, 0.05) is 31.6 Å². The Bertz CT molecular complexity index is 1210. The Balaban J connectivity index is 1.51. The summed E-state index contributed by atoms with van der Waals surface area (Å²) >= 11 is 0. The zero-order valence-corrected chi connectivity index (χ0v) is 17.9. The average Bonchev–Trinajstić information content (AvgIpc) is 3.37. The first-order valence-electron chi connectivity index (χ1n) is 10.9. The molecule has 33 heavy (non-hydrogen) atoms. The van der Waals surface area contributed by atoms with Crippen molar-refractivity contribution in [1.82, 2.24) is 9.80 Å². The summed E-state index contributed by atoms with van der Waals surface area (Å²) < 4.78 is 11.1. The molecule has 0 radical (unpaired) electrons. The SMILES string of the molecule is O=C(C1=C(O)C(=O)N(CCN2CCOCC2)[C@@H]1c1cccc(O)c1)c1cc2ccccc2o1. The Morgan fingerprint density at radius 2 is 1.79 bits per heavy atom. The van der Waals surface area contributed by atoms with Crippen molar-refractivity contribution in [2.24, 2.45) is 0 Å². The van der Waals surface area contributed by atoms with Gasteiger partial charge in [-0.2, -0.15) is 0 Å². The number of nitrogens with zero attached hydrogens (tertiary/aromatic N) is 2. The van der Waals surface area contributed by atoms with Gasteiger partial charge in [-0.1, -0.05) is 30.3 Å². The molecule has 5 rings (SSSR count). The molecule has 1 amide bonds. The smallest absolute Gasteiger partial charge is 0.290 e. The maximum Gasteiger partial charge on any atom is 0.290 e. The lowest BCUT2D eigenvalue weighted by molar-refractivity contribution is -0.129. The van der Waals surface area contributed by atoms with Crippen LogP contribution in [0.1, 0.15) is 22.2 Å². The highest BCUT2D eigenvalue weighted by atomic mass is 16.5. The van der Waals surface area contributed by atoms with Crippen LogP contribution in [0.5, 0.6) is 5.75 Å². The van der Waals surface area contributed by atoms with Crippen LogP contribution in [0.4, 0.5) is 0 Å². The molecule has 2 aliphatic heterocycles. The van der Waals surface area contributed by atoms with E-state index in [2.05, 4.69) is 4.90 Å². The molecule has 1 atom stereocenters. The molecule has 8 heteroatoms. The number of carbonyl (C=O) groups is 2. The zero-order valence-electron chi connectivity index (χ0n) is 17.9. The molecule has 0 unspecified atom stereocenters. The summed E-state index contributed by atoms with van der Waals surface area (Å²) in [4.78, 5) is 30.3. The van der Waals surface area contributed by atoms with Crippen LogP contribution in [0, 0.1) is 0 Å². The predicted molar refractivity (Wildman–Crippen MR) is 120 cm³/mol. The van der Waals surface area contributed by atoms with Gasteiger partial charge in [0.05, 0.1) is 24.8 Å². The highest BCUT2D eigenvalue weighted by Gasteiger charge is 2.44. The maximum absolute atomic E-state index is 13.5. The van der Waals surface area contributed by atoms with Gasteiger partial charge in [-0.15, -0.1) is 0 Å². The number of rotatable bonds is 6. The Kier molecular flexibility index (Phi) is 5.62. The second kappa shape index (κ2) is 8.73. The number of phenolic OH excluding ortho intramolecular Hbond substituents is 1. The Morgan fingerprint density at radius 1 is 1.00 bits per heavy atom. The number of fused-ring (bicyclic) bond motifs is 1. The van der Waals surface area contributed by atoms with Gasteiger partial charge in [0.15, 0.2) is 11.5 Å². The fraction of sp³-hybridized carbons (Fsp3) is 0.280. The van der Waals surface area contributed by atoms with E-state index < -0.39 is 23.5 Å². The molecule has 0 aliphatic carbocycles. The molecule has 2 N–H and O–H groups in total. The first kappa shape index (κ1) is 21.2. The largest absolute Gasteiger partial charge is 0.508 e. The molecule has 3 heterocycles. The van der Waals surface area contributed by atoms with Crippen LogP contribution in [-0.2, 0) is 9.53 Å². The lowest BCUT2D eigenvalue weighted by atomic mass is 9.95. The minimum absolute atomic E-state index is 0.00926. The lowest BCUT2D eigenvalue weighted by Gasteiger charge is -2.31. The molecule has 1 saturated heterocycles. The molecule has 3 aromatic rings. The topological polar surface area (TPSA) is 103 Å². The molecule has 0 bridgehead atoms. The van der Waals surface area contributed by atoms with E-state index in [1.54, 1.807) is 30.3 Å². The summed E-state index contributed by atoms with van der Waals surface area (Å²) in [6.45, 7) is 3.64. The Labute approximate surface area is 190 Å². The van der Waals surface area contributed by atoms with Gasteiger partial charge >= 0.3 is 0 Å². The van der Waals surface area contributed by atoms with Crippen LogP contribution in [0.2, 0.25) is 0 Å². The lowest BCUT2D eigenvalue weighted by Crippen LogP contribution is -2.43. The van der Waals surface area contributed by atoms with Crippen LogP contribution in [0.25, 0.3) is 11.0 Å². The normalized spacial score (nSPS) is 19.6. The second-order valence-corrected chi connectivity index (χ2v) is 8.19. The number of benzene rings is 2. The molecule has 2 aliphatic rings. The number of ketones is 1. The van der Waals surface area contributed by atoms with Crippen molar-refractivity contribution in [1.29, 1.82) is 0 Å². The Hall–Kier alpha value is -3.62. The van der Waals surface area contributed by atoms with E-state index in [0.717, 1.165) is 18.5 Å². The number of aliphatic hydroxyl groups is 1. The van der Waals surface area contributed by atoms with E-state index in [0.29, 0.717) is 37.4 Å². The zero-order chi connectivity index (χ0) is 22.9. The summed E-state index contributed by atoms with van der Waals surface area (Å²) in [7, 11) is 0. The highest BCUT2D eigenvalue weighted by molar-refractivity contribution is 6.16. The highest BCUT2D eigenvalue weighted by Crippen LogP contribution is 2.40. The van der Waals surface area contributed by atoms with Gasteiger partial charge in [0.2, 0.25) is 5.78 Å². The number of aromatic hydroxyl groups is 1. The van der Waals surface area contributed by atoms with Crippen molar-refractivity contribution >= 4 is 22.7 Å². The van der Waals surface area contributed by atoms with Crippen molar-refractivity contribution in [2.75, 3.05) is 39.4 Å². The third kappa shape index (κ3) is 3.99. The molecule has 0 spiro atoms. The Morgan fingerprint density at radius 3 is 2.55 bits per heavy atom. The summed E-state index contributed by atoms with van der Waals surface area (Å²) in [5.74, 6) is -1.70. The third-order valence-electron chi connectivity index (χ3n) is 6.14. The van der Waals surface area contributed by atoms with Gasteiger partial charge < -0.3 is 24.3 Å². The number of hydrogen-bond acceptors (Lipinski definition) is 7. The van der Waals surface area contributed by atoms with Crippen LogP contribution in [0.15, 0.2) is 70.3 Å². The number of morpholine rings is 1. The van der Waals surface area contributed by atoms with Crippen molar-refractivity contribution < 1.29 is 29.0 Å². The van der Waals surface area contributed by atoms with E-state index >= 15 is 0 Å². The summed E-state index contributed by atoms with van der Waals surface area (Å²) in [5, 5.41) is 21.6. The second-order valence-electron chi connectivity index (χ2n) is 8.19. The van der Waals surface area contributed by atoms with Gasteiger partial charge in [0.1, 0.15) is 11.3 Å². The van der Waals surface area contributed by atoms with Crippen molar-refractivity contribution in [3.8, 4) is 5.75 Å². The number of ether oxygens (including phenoxy) is 1. The van der Waals surface area contributed by atoms with E-state index in [4.69, 9.17) is 9.15 Å². The van der Waals surface area contributed by atoms with Gasteiger partial charge in [-0.25, -0.2) is 0 Å². The number of amides is 1. The summed E-state index contributed by atoms with van der Waals surface area (Å²) in [6, 6.07) is 14.4. The molecule has 0 saturated carbocycles. The first-order valence-corrected chi connectivity index (χ1v) is 10.9. The number of hydrogen-bond donors (Lipinski definition) is 2. The minimum atomic E-state index is -0.841. The number of phenols is 1. The molecule has 170 valence electrons. The fourth-order valence-electron chi connectivity index (χ4n) is 4.46.